The van der Waals surface area contributed by atoms with Gasteiger partial charge in [0, 0.05) is 24.8 Å². The van der Waals surface area contributed by atoms with Gasteiger partial charge in [0.1, 0.15) is 0 Å². The molecule has 0 bridgehead atoms. The number of likely N-dealkylation sites (tertiary alicyclic amines) is 1. The predicted molar refractivity (Wildman–Crippen MR) is 103 cm³/mol. The third kappa shape index (κ3) is 4.43. The molecule has 1 unspecified atom stereocenters. The number of fused-ring (bicyclic) bond motifs is 1. The maximum Gasteiger partial charge on any atom is 0.416 e. The zero-order valence-electron chi connectivity index (χ0n) is 16.8. The Morgan fingerprint density at radius 1 is 1.23 bits per heavy atom. The SMILES string of the molecule is Cc1cn(C(=O)N2C[C@H]3CC(OCc4cccc(C(F)(F)F)c4)C[C@H]3C2)nc1C(=O)O. The van der Waals surface area contributed by atoms with Gasteiger partial charge in [-0.25, -0.2) is 9.59 Å². The minimum absolute atomic E-state index is 0.0626. The summed E-state index contributed by atoms with van der Waals surface area (Å²) in [5, 5.41) is 13.0. The van der Waals surface area contributed by atoms with E-state index in [9.17, 15) is 22.8 Å². The summed E-state index contributed by atoms with van der Waals surface area (Å²) >= 11 is 0. The molecule has 10 heteroatoms. The quantitative estimate of drug-likeness (QED) is 0.787. The Kier molecular flexibility index (Phi) is 5.50. The number of hydrogen-bond acceptors (Lipinski definition) is 4. The van der Waals surface area contributed by atoms with Crippen molar-refractivity contribution >= 4 is 12.0 Å². The minimum atomic E-state index is -4.38. The summed E-state index contributed by atoms with van der Waals surface area (Å²) in [7, 11) is 0. The zero-order valence-corrected chi connectivity index (χ0v) is 16.8. The van der Waals surface area contributed by atoms with Gasteiger partial charge in [0.05, 0.1) is 18.3 Å². The molecule has 7 nitrogen and oxygen atoms in total. The monoisotopic (exact) mass is 437 g/mol. The fourth-order valence-electron chi connectivity index (χ4n) is 4.50. The van der Waals surface area contributed by atoms with Crippen molar-refractivity contribution in [2.75, 3.05) is 13.1 Å². The standard InChI is InChI=1S/C21H22F3N3O4/c1-12-8-27(25-18(12)19(28)29)20(30)26-9-14-6-17(7-15(14)10-26)31-11-13-3-2-4-16(5-13)21(22,23)24/h2-5,8,14-15,17H,6-7,9-11H2,1H3,(H,28,29)/t14-,15+,17?. The number of aromatic carboxylic acids is 1. The summed E-state index contributed by atoms with van der Waals surface area (Å²) in [6, 6.07) is 4.78. The van der Waals surface area contributed by atoms with Gasteiger partial charge in [0.15, 0.2) is 5.69 Å². The van der Waals surface area contributed by atoms with E-state index in [0.717, 1.165) is 29.7 Å². The van der Waals surface area contributed by atoms with Crippen LogP contribution in [0.4, 0.5) is 18.0 Å². The number of halogens is 3. The van der Waals surface area contributed by atoms with E-state index in [1.54, 1.807) is 17.9 Å². The molecule has 4 rings (SSSR count). The summed E-state index contributed by atoms with van der Waals surface area (Å²) < 4.78 is 45.5. The van der Waals surface area contributed by atoms with E-state index >= 15 is 0 Å². The number of alkyl halides is 3. The van der Waals surface area contributed by atoms with E-state index in [2.05, 4.69) is 5.10 Å². The molecule has 2 aromatic rings. The van der Waals surface area contributed by atoms with Gasteiger partial charge in [-0.15, -0.1) is 0 Å². The van der Waals surface area contributed by atoms with E-state index in [1.807, 2.05) is 0 Å². The molecule has 1 amide bonds. The number of rotatable bonds is 4. The minimum Gasteiger partial charge on any atom is -0.476 e. The van der Waals surface area contributed by atoms with Gasteiger partial charge in [-0.3, -0.25) is 0 Å². The van der Waals surface area contributed by atoms with Crippen LogP contribution >= 0.6 is 0 Å². The van der Waals surface area contributed by atoms with Crippen molar-refractivity contribution < 1.29 is 32.6 Å². The lowest BCUT2D eigenvalue weighted by molar-refractivity contribution is -0.137. The molecule has 1 saturated carbocycles. The molecule has 1 aliphatic carbocycles. The van der Waals surface area contributed by atoms with Crippen LogP contribution in [0.1, 0.15) is 40.0 Å². The number of hydrogen-bond donors (Lipinski definition) is 1. The van der Waals surface area contributed by atoms with Crippen LogP contribution in [0, 0.1) is 18.8 Å². The van der Waals surface area contributed by atoms with Crippen molar-refractivity contribution in [1.29, 1.82) is 0 Å². The summed E-state index contributed by atoms with van der Waals surface area (Å²) in [6.45, 7) is 2.74. The fraction of sp³-hybridized carbons (Fsp3) is 0.476. The Morgan fingerprint density at radius 3 is 2.48 bits per heavy atom. The van der Waals surface area contributed by atoms with Gasteiger partial charge in [-0.1, -0.05) is 12.1 Å². The maximum absolute atomic E-state index is 12.8. The second-order valence-corrected chi connectivity index (χ2v) is 8.22. The van der Waals surface area contributed by atoms with Crippen LogP contribution in [0.3, 0.4) is 0 Å². The lowest BCUT2D eigenvalue weighted by atomic mass is 10.0. The fourth-order valence-corrected chi connectivity index (χ4v) is 4.50. The number of carboxylic acids is 1. The van der Waals surface area contributed by atoms with Gasteiger partial charge in [0.2, 0.25) is 0 Å². The highest BCUT2D eigenvalue weighted by Crippen LogP contribution is 2.40. The van der Waals surface area contributed by atoms with Gasteiger partial charge in [0.25, 0.3) is 0 Å². The molecular formula is C21H22F3N3O4. The Balaban J connectivity index is 1.31. The lowest BCUT2D eigenvalue weighted by Crippen LogP contribution is -2.34. The molecular weight excluding hydrogens is 415 g/mol. The number of amides is 1. The number of carbonyl (C=O) groups is 2. The van der Waals surface area contributed by atoms with Crippen LogP contribution in [0.15, 0.2) is 30.5 Å². The maximum atomic E-state index is 12.8. The smallest absolute Gasteiger partial charge is 0.416 e. The summed E-state index contributed by atoms with van der Waals surface area (Å²) in [4.78, 5) is 25.5. The van der Waals surface area contributed by atoms with Crippen molar-refractivity contribution in [3.05, 3.63) is 52.8 Å². The second kappa shape index (κ2) is 7.99. The summed E-state index contributed by atoms with van der Waals surface area (Å²) in [5.41, 5.74) is 0.0667. The van der Waals surface area contributed by atoms with Gasteiger partial charge in [-0.2, -0.15) is 23.0 Å². The van der Waals surface area contributed by atoms with E-state index in [4.69, 9.17) is 9.84 Å². The van der Waals surface area contributed by atoms with E-state index in [0.29, 0.717) is 24.2 Å². The highest BCUT2D eigenvalue weighted by molar-refractivity contribution is 5.88. The molecule has 31 heavy (non-hydrogen) atoms. The molecule has 1 N–H and O–H groups in total. The number of carbonyl (C=O) groups excluding carboxylic acids is 1. The van der Waals surface area contributed by atoms with Crippen molar-refractivity contribution in [2.45, 2.75) is 38.7 Å². The molecule has 1 saturated heterocycles. The van der Waals surface area contributed by atoms with Crippen LogP contribution in [-0.2, 0) is 17.5 Å². The first kappa shape index (κ1) is 21.4. The van der Waals surface area contributed by atoms with Crippen molar-refractivity contribution in [3.8, 4) is 0 Å². The van der Waals surface area contributed by atoms with Crippen LogP contribution in [0.25, 0.3) is 0 Å². The van der Waals surface area contributed by atoms with Gasteiger partial charge in [-0.05, 0) is 49.3 Å². The number of aryl methyl sites for hydroxylation is 1. The molecule has 1 aromatic heterocycles. The summed E-state index contributed by atoms with van der Waals surface area (Å²) in [6.07, 6.45) is -1.57. The molecule has 1 aliphatic heterocycles. The lowest BCUT2D eigenvalue weighted by Gasteiger charge is -2.19. The molecule has 166 valence electrons. The van der Waals surface area contributed by atoms with E-state index in [-0.39, 0.29) is 36.3 Å². The second-order valence-electron chi connectivity index (χ2n) is 8.22. The summed E-state index contributed by atoms with van der Waals surface area (Å²) in [5.74, 6) is -0.694. The van der Waals surface area contributed by atoms with Crippen LogP contribution in [0.2, 0.25) is 0 Å². The van der Waals surface area contributed by atoms with Crippen LogP contribution in [-0.4, -0.2) is 51.0 Å². The van der Waals surface area contributed by atoms with Gasteiger partial charge < -0.3 is 14.7 Å². The molecule has 2 fully saturated rings. The van der Waals surface area contributed by atoms with Crippen molar-refractivity contribution in [3.63, 3.8) is 0 Å². The van der Waals surface area contributed by atoms with Crippen molar-refractivity contribution in [2.24, 2.45) is 11.8 Å². The van der Waals surface area contributed by atoms with Crippen LogP contribution in [0.5, 0.6) is 0 Å². The number of nitrogens with zero attached hydrogens (tertiary/aromatic N) is 3. The normalized spacial score (nSPS) is 23.2. The third-order valence-electron chi connectivity index (χ3n) is 6.01. The molecule has 0 radical (unpaired) electrons. The number of carboxylic acid groups (broad SMARTS) is 1. The average Bonchev–Trinajstić information content (AvgIpc) is 3.38. The topological polar surface area (TPSA) is 84.7 Å². The first-order valence-corrected chi connectivity index (χ1v) is 9.98. The molecule has 0 spiro atoms. The number of ether oxygens (including phenoxy) is 1. The highest BCUT2D eigenvalue weighted by atomic mass is 19.4. The van der Waals surface area contributed by atoms with E-state index in [1.165, 1.54) is 12.3 Å². The molecule has 2 aliphatic rings. The first-order chi connectivity index (χ1) is 14.6. The third-order valence-corrected chi connectivity index (χ3v) is 6.01. The number of aromatic nitrogens is 2. The molecule has 1 aromatic carbocycles. The Bertz CT molecular complexity index is 990. The average molecular weight is 437 g/mol. The number of benzene rings is 1. The first-order valence-electron chi connectivity index (χ1n) is 9.98. The van der Waals surface area contributed by atoms with Crippen LogP contribution < -0.4 is 0 Å². The largest absolute Gasteiger partial charge is 0.476 e. The highest BCUT2D eigenvalue weighted by Gasteiger charge is 2.43. The molecule has 3 atom stereocenters. The Labute approximate surface area is 176 Å². The Hall–Kier alpha value is -2.88. The Morgan fingerprint density at radius 2 is 1.90 bits per heavy atom. The van der Waals surface area contributed by atoms with Gasteiger partial charge >= 0.3 is 18.2 Å². The van der Waals surface area contributed by atoms with Crippen molar-refractivity contribution in [1.82, 2.24) is 14.7 Å². The van der Waals surface area contributed by atoms with E-state index < -0.39 is 17.7 Å². The molecule has 2 heterocycles. The predicted octanol–water partition coefficient (Wildman–Crippen LogP) is 3.80. The zero-order chi connectivity index (χ0) is 22.3.